The number of nitrogens with one attached hydrogen (secondary N) is 1. The van der Waals surface area contributed by atoms with Gasteiger partial charge in [0.1, 0.15) is 11.6 Å². The quantitative estimate of drug-likeness (QED) is 0.812. The molecule has 1 atom stereocenters. The van der Waals surface area contributed by atoms with Crippen LogP contribution in [0.5, 0.6) is 0 Å². The SMILES string of the molecule is CC(NCCC(=O)O)c1ccc(F)cc1F. The summed E-state index contributed by atoms with van der Waals surface area (Å²) in [5, 5.41) is 11.3. The first-order chi connectivity index (χ1) is 7.50. The summed E-state index contributed by atoms with van der Waals surface area (Å²) >= 11 is 0. The lowest BCUT2D eigenvalue weighted by Gasteiger charge is -2.14. The fourth-order valence-electron chi connectivity index (χ4n) is 1.36. The molecule has 1 aromatic carbocycles. The molecule has 88 valence electrons. The third kappa shape index (κ3) is 3.58. The van der Waals surface area contributed by atoms with Gasteiger partial charge < -0.3 is 10.4 Å². The number of aliphatic carboxylic acids is 1. The molecule has 16 heavy (non-hydrogen) atoms. The third-order valence-corrected chi connectivity index (χ3v) is 2.22. The molecular formula is C11H13F2NO2. The fourth-order valence-corrected chi connectivity index (χ4v) is 1.36. The Hall–Kier alpha value is -1.49. The molecule has 0 saturated carbocycles. The van der Waals surface area contributed by atoms with Gasteiger partial charge in [0.15, 0.2) is 0 Å². The molecule has 5 heteroatoms. The number of rotatable bonds is 5. The first-order valence-corrected chi connectivity index (χ1v) is 4.91. The van der Waals surface area contributed by atoms with E-state index in [4.69, 9.17) is 5.11 Å². The number of carboxylic acid groups (broad SMARTS) is 1. The van der Waals surface area contributed by atoms with Crippen LogP contribution in [0.3, 0.4) is 0 Å². The second kappa shape index (κ2) is 5.55. The Morgan fingerprint density at radius 2 is 2.19 bits per heavy atom. The van der Waals surface area contributed by atoms with Gasteiger partial charge in [-0.15, -0.1) is 0 Å². The molecule has 0 spiro atoms. The van der Waals surface area contributed by atoms with Crippen molar-refractivity contribution in [2.24, 2.45) is 0 Å². The molecule has 2 N–H and O–H groups in total. The second-order valence-corrected chi connectivity index (χ2v) is 3.49. The minimum Gasteiger partial charge on any atom is -0.481 e. The van der Waals surface area contributed by atoms with Gasteiger partial charge in [0.05, 0.1) is 6.42 Å². The van der Waals surface area contributed by atoms with E-state index in [0.717, 1.165) is 6.07 Å². The highest BCUT2D eigenvalue weighted by Gasteiger charge is 2.11. The predicted molar refractivity (Wildman–Crippen MR) is 55.0 cm³/mol. The molecular weight excluding hydrogens is 216 g/mol. The summed E-state index contributed by atoms with van der Waals surface area (Å²) in [6, 6.07) is 2.99. The van der Waals surface area contributed by atoms with Crippen LogP contribution in [0.15, 0.2) is 18.2 Å². The number of hydrogen-bond donors (Lipinski definition) is 2. The molecule has 1 aromatic rings. The van der Waals surface area contributed by atoms with Gasteiger partial charge in [-0.2, -0.15) is 0 Å². The van der Waals surface area contributed by atoms with E-state index in [0.29, 0.717) is 5.56 Å². The molecule has 0 bridgehead atoms. The first-order valence-electron chi connectivity index (χ1n) is 4.91. The van der Waals surface area contributed by atoms with Crippen molar-refractivity contribution in [2.75, 3.05) is 6.54 Å². The van der Waals surface area contributed by atoms with Gasteiger partial charge in [0, 0.05) is 24.2 Å². The normalized spacial score (nSPS) is 12.4. The Morgan fingerprint density at radius 1 is 1.50 bits per heavy atom. The lowest BCUT2D eigenvalue weighted by Crippen LogP contribution is -2.22. The molecule has 0 fully saturated rings. The summed E-state index contributed by atoms with van der Waals surface area (Å²) < 4.78 is 25.9. The van der Waals surface area contributed by atoms with Crippen molar-refractivity contribution in [1.82, 2.24) is 5.32 Å². The zero-order valence-corrected chi connectivity index (χ0v) is 8.84. The fraction of sp³-hybridized carbons (Fsp3) is 0.364. The summed E-state index contributed by atoms with van der Waals surface area (Å²) in [6.45, 7) is 1.94. The third-order valence-electron chi connectivity index (χ3n) is 2.22. The van der Waals surface area contributed by atoms with Gasteiger partial charge in [0.2, 0.25) is 0 Å². The highest BCUT2D eigenvalue weighted by atomic mass is 19.1. The van der Waals surface area contributed by atoms with Crippen molar-refractivity contribution in [3.05, 3.63) is 35.4 Å². The van der Waals surface area contributed by atoms with Gasteiger partial charge in [-0.25, -0.2) is 8.78 Å². The minimum atomic E-state index is -0.917. The van der Waals surface area contributed by atoms with Crippen molar-refractivity contribution in [3.63, 3.8) is 0 Å². The maximum atomic E-state index is 13.3. The highest BCUT2D eigenvalue weighted by Crippen LogP contribution is 2.17. The lowest BCUT2D eigenvalue weighted by atomic mass is 10.1. The largest absolute Gasteiger partial charge is 0.481 e. The van der Waals surface area contributed by atoms with Gasteiger partial charge in [-0.3, -0.25) is 4.79 Å². The first kappa shape index (κ1) is 12.6. The zero-order chi connectivity index (χ0) is 12.1. The van der Waals surface area contributed by atoms with E-state index in [9.17, 15) is 13.6 Å². The van der Waals surface area contributed by atoms with E-state index in [1.807, 2.05) is 0 Å². The number of hydrogen-bond acceptors (Lipinski definition) is 2. The Kier molecular flexibility index (Phi) is 4.37. The Morgan fingerprint density at radius 3 is 2.75 bits per heavy atom. The van der Waals surface area contributed by atoms with Gasteiger partial charge in [-0.05, 0) is 13.0 Å². The van der Waals surface area contributed by atoms with Crippen LogP contribution in [0.2, 0.25) is 0 Å². The van der Waals surface area contributed by atoms with Crippen LogP contribution in [0, 0.1) is 11.6 Å². The number of halogens is 2. The summed E-state index contributed by atoms with van der Waals surface area (Å²) in [7, 11) is 0. The van der Waals surface area contributed by atoms with Crippen molar-refractivity contribution in [3.8, 4) is 0 Å². The average Bonchev–Trinajstić information content (AvgIpc) is 2.16. The number of carbonyl (C=O) groups is 1. The van der Waals surface area contributed by atoms with Gasteiger partial charge in [-0.1, -0.05) is 6.07 Å². The zero-order valence-electron chi connectivity index (χ0n) is 8.84. The van der Waals surface area contributed by atoms with Gasteiger partial charge in [0.25, 0.3) is 0 Å². The molecule has 1 rings (SSSR count). The van der Waals surface area contributed by atoms with Crippen LogP contribution in [0.1, 0.15) is 24.9 Å². The highest BCUT2D eigenvalue weighted by molar-refractivity contribution is 5.66. The van der Waals surface area contributed by atoms with E-state index >= 15 is 0 Å². The van der Waals surface area contributed by atoms with Crippen molar-refractivity contribution in [1.29, 1.82) is 0 Å². The summed E-state index contributed by atoms with van der Waals surface area (Å²) in [6.07, 6.45) is -0.0346. The molecule has 0 aliphatic heterocycles. The minimum absolute atomic E-state index is 0.0346. The summed E-state index contributed by atoms with van der Waals surface area (Å²) in [4.78, 5) is 10.3. The summed E-state index contributed by atoms with van der Waals surface area (Å²) in [5.41, 5.74) is 0.326. The molecule has 0 radical (unpaired) electrons. The Bertz CT molecular complexity index is 382. The molecule has 0 amide bonds. The molecule has 3 nitrogen and oxygen atoms in total. The van der Waals surface area contributed by atoms with E-state index < -0.39 is 17.6 Å². The molecule has 0 aromatic heterocycles. The maximum absolute atomic E-state index is 13.3. The van der Waals surface area contributed by atoms with Crippen LogP contribution in [-0.4, -0.2) is 17.6 Å². The van der Waals surface area contributed by atoms with Crippen LogP contribution in [0.25, 0.3) is 0 Å². The molecule has 0 heterocycles. The van der Waals surface area contributed by atoms with Crippen LogP contribution in [-0.2, 0) is 4.79 Å². The van der Waals surface area contributed by atoms with E-state index in [1.54, 1.807) is 6.92 Å². The Labute approximate surface area is 92.1 Å². The number of benzene rings is 1. The maximum Gasteiger partial charge on any atom is 0.304 e. The van der Waals surface area contributed by atoms with Crippen LogP contribution < -0.4 is 5.32 Å². The molecule has 1 unspecified atom stereocenters. The molecule has 0 aliphatic carbocycles. The summed E-state index contributed by atoms with van der Waals surface area (Å²) in [5.74, 6) is -2.17. The van der Waals surface area contributed by atoms with E-state index in [2.05, 4.69) is 5.32 Å². The van der Waals surface area contributed by atoms with Crippen molar-refractivity contribution in [2.45, 2.75) is 19.4 Å². The molecule has 0 saturated heterocycles. The van der Waals surface area contributed by atoms with Gasteiger partial charge >= 0.3 is 5.97 Å². The van der Waals surface area contributed by atoms with Crippen LogP contribution >= 0.6 is 0 Å². The average molecular weight is 229 g/mol. The lowest BCUT2D eigenvalue weighted by molar-refractivity contribution is -0.136. The van der Waals surface area contributed by atoms with Crippen molar-refractivity contribution >= 4 is 5.97 Å². The van der Waals surface area contributed by atoms with E-state index in [-0.39, 0.29) is 19.0 Å². The second-order valence-electron chi connectivity index (χ2n) is 3.49. The predicted octanol–water partition coefficient (Wildman–Crippen LogP) is 2.09. The standard InChI is InChI=1S/C11H13F2NO2/c1-7(14-5-4-11(15)16)9-3-2-8(12)6-10(9)13/h2-3,6-7,14H,4-5H2,1H3,(H,15,16). The topological polar surface area (TPSA) is 49.3 Å². The Balaban J connectivity index is 2.58. The van der Waals surface area contributed by atoms with Crippen LogP contribution in [0.4, 0.5) is 8.78 Å². The molecule has 0 aliphatic rings. The smallest absolute Gasteiger partial charge is 0.304 e. The number of carboxylic acids is 1. The monoisotopic (exact) mass is 229 g/mol. The van der Waals surface area contributed by atoms with Crippen molar-refractivity contribution < 1.29 is 18.7 Å². The van der Waals surface area contributed by atoms with E-state index in [1.165, 1.54) is 12.1 Å².